The molecule has 3 fully saturated rings. The van der Waals surface area contributed by atoms with E-state index in [4.69, 9.17) is 19.0 Å². The van der Waals surface area contributed by atoms with Crippen molar-refractivity contribution in [2.45, 2.75) is 75.2 Å². The molecule has 0 aromatic carbocycles. The quantitative estimate of drug-likeness (QED) is 0.781. The average Bonchev–Trinajstić information content (AvgIpc) is 3.46. The van der Waals surface area contributed by atoms with Crippen molar-refractivity contribution < 1.29 is 18.8 Å². The van der Waals surface area contributed by atoms with Gasteiger partial charge >= 0.3 is 6.03 Å². The number of carbonyl (C=O) groups is 1. The van der Waals surface area contributed by atoms with Gasteiger partial charge < -0.3 is 24.2 Å². The van der Waals surface area contributed by atoms with Crippen LogP contribution in [0.2, 0.25) is 0 Å². The van der Waals surface area contributed by atoms with Crippen LogP contribution in [0.25, 0.3) is 0 Å². The molecular formula is C21H34N4O4. The summed E-state index contributed by atoms with van der Waals surface area (Å²) >= 11 is 0. The summed E-state index contributed by atoms with van der Waals surface area (Å²) in [4.78, 5) is 19.4. The van der Waals surface area contributed by atoms with E-state index in [0.717, 1.165) is 69.9 Å². The van der Waals surface area contributed by atoms with Crippen LogP contribution in [0.4, 0.5) is 4.79 Å². The van der Waals surface area contributed by atoms with Gasteiger partial charge in [-0.3, -0.25) is 0 Å². The van der Waals surface area contributed by atoms with Crippen molar-refractivity contribution >= 4 is 6.03 Å². The molecule has 3 aliphatic rings. The normalized spacial score (nSPS) is 23.4. The molecule has 4 rings (SSSR count). The predicted molar refractivity (Wildman–Crippen MR) is 107 cm³/mol. The summed E-state index contributed by atoms with van der Waals surface area (Å²) in [5.74, 6) is 1.81. The molecule has 8 nitrogen and oxygen atoms in total. The Balaban J connectivity index is 1.41. The molecule has 2 aliphatic heterocycles. The van der Waals surface area contributed by atoms with Crippen LogP contribution in [0, 0.1) is 0 Å². The fourth-order valence-corrected chi connectivity index (χ4v) is 4.92. The first-order valence-electron chi connectivity index (χ1n) is 11.2. The molecule has 162 valence electrons. The van der Waals surface area contributed by atoms with Gasteiger partial charge in [-0.15, -0.1) is 0 Å². The minimum atomic E-state index is -0.187. The topological polar surface area (TPSA) is 89.7 Å². The Morgan fingerprint density at radius 3 is 2.62 bits per heavy atom. The molecule has 2 amide bonds. The number of hydrogen-bond acceptors (Lipinski definition) is 6. The first kappa shape index (κ1) is 20.6. The summed E-state index contributed by atoms with van der Waals surface area (Å²) in [6.45, 7) is 3.58. The first-order chi connectivity index (χ1) is 14.2. The molecule has 0 bridgehead atoms. The SMILES string of the molecule is COCCC1(c2noc(C3CCOCC3)n2)CCN(C(=O)NC2CCCC2)CC1. The van der Waals surface area contributed by atoms with Crippen molar-refractivity contribution in [1.82, 2.24) is 20.4 Å². The standard InChI is InChI=1S/C21H34N4O4/c1-27-15-10-21(19-23-18(29-24-19)16-6-13-28-14-7-16)8-11-25(12-9-21)20(26)22-17-4-2-3-5-17/h16-17H,2-15H2,1H3,(H,22,26). The smallest absolute Gasteiger partial charge is 0.317 e. The number of nitrogens with zero attached hydrogens (tertiary/aromatic N) is 3. The molecule has 0 spiro atoms. The van der Waals surface area contributed by atoms with Gasteiger partial charge in [0.25, 0.3) is 0 Å². The van der Waals surface area contributed by atoms with Crippen molar-refractivity contribution in [3.63, 3.8) is 0 Å². The van der Waals surface area contributed by atoms with Crippen LogP contribution in [-0.2, 0) is 14.9 Å². The lowest BCUT2D eigenvalue weighted by Crippen LogP contribution is -2.51. The van der Waals surface area contributed by atoms with Crippen LogP contribution >= 0.6 is 0 Å². The van der Waals surface area contributed by atoms with Gasteiger partial charge in [0.15, 0.2) is 5.82 Å². The van der Waals surface area contributed by atoms with Crippen LogP contribution in [0.1, 0.15) is 75.4 Å². The highest BCUT2D eigenvalue weighted by molar-refractivity contribution is 5.74. The number of hydrogen-bond donors (Lipinski definition) is 1. The van der Waals surface area contributed by atoms with Gasteiger partial charge in [0.2, 0.25) is 5.89 Å². The fourth-order valence-electron chi connectivity index (χ4n) is 4.92. The molecule has 3 heterocycles. The van der Waals surface area contributed by atoms with Gasteiger partial charge in [0.1, 0.15) is 0 Å². The zero-order valence-electron chi connectivity index (χ0n) is 17.5. The Bertz CT molecular complexity index is 659. The number of amides is 2. The second-order valence-corrected chi connectivity index (χ2v) is 8.78. The predicted octanol–water partition coefficient (Wildman–Crippen LogP) is 2.99. The van der Waals surface area contributed by atoms with E-state index in [1.54, 1.807) is 7.11 Å². The van der Waals surface area contributed by atoms with Gasteiger partial charge in [-0.2, -0.15) is 4.98 Å². The van der Waals surface area contributed by atoms with Gasteiger partial charge in [-0.05, 0) is 44.9 Å². The summed E-state index contributed by atoms with van der Waals surface area (Å²) in [5, 5.41) is 7.60. The van der Waals surface area contributed by atoms with Gasteiger partial charge in [-0.1, -0.05) is 18.0 Å². The number of nitrogens with one attached hydrogen (secondary N) is 1. The van der Waals surface area contributed by atoms with Crippen molar-refractivity contribution in [3.05, 3.63) is 11.7 Å². The third-order valence-electron chi connectivity index (χ3n) is 6.96. The number of rotatable bonds is 6. The Labute approximate surface area is 172 Å². The van der Waals surface area contributed by atoms with E-state index in [1.807, 2.05) is 4.90 Å². The monoisotopic (exact) mass is 406 g/mol. The molecule has 0 radical (unpaired) electrons. The van der Waals surface area contributed by atoms with Crippen molar-refractivity contribution in [2.75, 3.05) is 40.0 Å². The number of aromatic nitrogens is 2. The molecule has 0 atom stereocenters. The number of piperidine rings is 1. The highest BCUT2D eigenvalue weighted by Gasteiger charge is 2.41. The summed E-state index contributed by atoms with van der Waals surface area (Å²) in [5.41, 5.74) is -0.187. The molecule has 29 heavy (non-hydrogen) atoms. The molecule has 2 saturated heterocycles. The number of carbonyl (C=O) groups excluding carboxylic acids is 1. The van der Waals surface area contributed by atoms with E-state index in [9.17, 15) is 4.79 Å². The van der Waals surface area contributed by atoms with Crippen LogP contribution in [-0.4, -0.2) is 67.1 Å². The van der Waals surface area contributed by atoms with Gasteiger partial charge in [-0.25, -0.2) is 4.79 Å². The number of methoxy groups -OCH3 is 1. The molecule has 1 aromatic heterocycles. The van der Waals surface area contributed by atoms with Crippen LogP contribution < -0.4 is 5.32 Å². The lowest BCUT2D eigenvalue weighted by molar-refractivity contribution is 0.0778. The maximum atomic E-state index is 12.7. The summed E-state index contributed by atoms with van der Waals surface area (Å²) < 4.78 is 16.5. The Hall–Kier alpha value is -1.67. The average molecular weight is 407 g/mol. The molecule has 1 N–H and O–H groups in total. The maximum Gasteiger partial charge on any atom is 0.317 e. The second-order valence-electron chi connectivity index (χ2n) is 8.78. The zero-order chi connectivity index (χ0) is 20.1. The third-order valence-corrected chi connectivity index (χ3v) is 6.96. The van der Waals surface area contributed by atoms with Gasteiger partial charge in [0.05, 0.1) is 0 Å². The van der Waals surface area contributed by atoms with Gasteiger partial charge in [0, 0.05) is 57.4 Å². The lowest BCUT2D eigenvalue weighted by atomic mass is 9.75. The van der Waals surface area contributed by atoms with E-state index in [-0.39, 0.29) is 11.4 Å². The summed E-state index contributed by atoms with van der Waals surface area (Å²) in [6, 6.07) is 0.426. The van der Waals surface area contributed by atoms with E-state index >= 15 is 0 Å². The highest BCUT2D eigenvalue weighted by atomic mass is 16.5. The lowest BCUT2D eigenvalue weighted by Gasteiger charge is -2.40. The van der Waals surface area contributed by atoms with Crippen LogP contribution in [0.5, 0.6) is 0 Å². The largest absolute Gasteiger partial charge is 0.385 e. The van der Waals surface area contributed by atoms with Crippen molar-refractivity contribution in [3.8, 4) is 0 Å². The summed E-state index contributed by atoms with van der Waals surface area (Å²) in [7, 11) is 1.72. The maximum absolute atomic E-state index is 12.7. The minimum absolute atomic E-state index is 0.0771. The zero-order valence-corrected chi connectivity index (χ0v) is 17.5. The van der Waals surface area contributed by atoms with Crippen molar-refractivity contribution in [1.29, 1.82) is 0 Å². The Kier molecular flexibility index (Phi) is 6.70. The van der Waals surface area contributed by atoms with E-state index in [0.29, 0.717) is 31.7 Å². The molecule has 1 aliphatic carbocycles. The second kappa shape index (κ2) is 9.43. The Morgan fingerprint density at radius 2 is 1.93 bits per heavy atom. The molecule has 0 unspecified atom stereocenters. The number of ether oxygens (including phenoxy) is 2. The number of urea groups is 1. The Morgan fingerprint density at radius 1 is 1.21 bits per heavy atom. The third kappa shape index (κ3) is 4.74. The molecular weight excluding hydrogens is 372 g/mol. The molecule has 1 saturated carbocycles. The van der Waals surface area contributed by atoms with E-state index < -0.39 is 0 Å². The first-order valence-corrected chi connectivity index (χ1v) is 11.2. The minimum Gasteiger partial charge on any atom is -0.385 e. The van der Waals surface area contributed by atoms with Crippen LogP contribution in [0.3, 0.4) is 0 Å². The highest BCUT2D eigenvalue weighted by Crippen LogP contribution is 2.38. The number of likely N-dealkylation sites (tertiary alicyclic amines) is 1. The van der Waals surface area contributed by atoms with Crippen LogP contribution in [0.15, 0.2) is 4.52 Å². The summed E-state index contributed by atoms with van der Waals surface area (Å²) in [6.07, 6.45) is 9.03. The molecule has 1 aromatic rings. The molecule has 8 heteroatoms. The van der Waals surface area contributed by atoms with E-state index in [1.165, 1.54) is 12.8 Å². The fraction of sp³-hybridized carbons (Fsp3) is 0.857. The van der Waals surface area contributed by atoms with Crippen molar-refractivity contribution in [2.24, 2.45) is 0 Å². The van der Waals surface area contributed by atoms with E-state index in [2.05, 4.69) is 10.5 Å².